The molecule has 0 saturated carbocycles. The summed E-state index contributed by atoms with van der Waals surface area (Å²) in [5.41, 5.74) is 2.49. The molecule has 0 atom stereocenters. The zero-order valence-corrected chi connectivity index (χ0v) is 16.6. The first kappa shape index (κ1) is 19.6. The van der Waals surface area contributed by atoms with Crippen LogP contribution in [0.1, 0.15) is 28.5 Å². The summed E-state index contributed by atoms with van der Waals surface area (Å²) in [6.45, 7) is 6.34. The standard InChI is InChI=1S/C20H20N4O3S/c1-4-23-12-19(14(3)22-23)20(25)21-15-9-16(24(26)27)11-18(10-15)28-17-7-5-13(2)6-8-17/h5-12H,4H2,1-3H3,(H,21,25). The Morgan fingerprint density at radius 2 is 1.89 bits per heavy atom. The molecule has 3 aromatic rings. The van der Waals surface area contributed by atoms with Gasteiger partial charge in [0.25, 0.3) is 11.6 Å². The van der Waals surface area contributed by atoms with E-state index in [0.717, 1.165) is 10.5 Å². The lowest BCUT2D eigenvalue weighted by atomic mass is 10.2. The highest BCUT2D eigenvalue weighted by atomic mass is 32.2. The van der Waals surface area contributed by atoms with Gasteiger partial charge in [-0.05, 0) is 39.0 Å². The molecule has 0 aliphatic heterocycles. The van der Waals surface area contributed by atoms with Gasteiger partial charge in [0.15, 0.2) is 0 Å². The van der Waals surface area contributed by atoms with Gasteiger partial charge in [0.1, 0.15) is 0 Å². The Bertz CT molecular complexity index is 1030. The van der Waals surface area contributed by atoms with Crippen LogP contribution in [0.4, 0.5) is 11.4 Å². The second-order valence-corrected chi connectivity index (χ2v) is 7.47. The molecule has 1 aromatic heterocycles. The SMILES string of the molecule is CCn1cc(C(=O)Nc2cc(Sc3ccc(C)cc3)cc([N+](=O)[O-])c2)c(C)n1. The number of non-ortho nitro benzene ring substituents is 1. The number of nitro groups is 1. The van der Waals surface area contributed by atoms with Crippen LogP contribution in [0.25, 0.3) is 0 Å². The Morgan fingerprint density at radius 1 is 1.18 bits per heavy atom. The minimum Gasteiger partial charge on any atom is -0.322 e. The van der Waals surface area contributed by atoms with Crippen molar-refractivity contribution >= 4 is 29.0 Å². The molecule has 0 fully saturated rings. The number of anilines is 1. The molecule has 0 saturated heterocycles. The van der Waals surface area contributed by atoms with Crippen molar-refractivity contribution in [1.29, 1.82) is 0 Å². The topological polar surface area (TPSA) is 90.1 Å². The van der Waals surface area contributed by atoms with Crippen molar-refractivity contribution in [1.82, 2.24) is 9.78 Å². The fraction of sp³-hybridized carbons (Fsp3) is 0.200. The maximum absolute atomic E-state index is 12.6. The molecule has 0 bridgehead atoms. The number of rotatable bonds is 6. The molecule has 0 radical (unpaired) electrons. The number of carbonyl (C=O) groups is 1. The van der Waals surface area contributed by atoms with Crippen LogP contribution in [0.5, 0.6) is 0 Å². The number of nitrogens with zero attached hydrogens (tertiary/aromatic N) is 3. The molecule has 8 heteroatoms. The Labute approximate surface area is 166 Å². The van der Waals surface area contributed by atoms with E-state index in [2.05, 4.69) is 10.4 Å². The fourth-order valence-corrected chi connectivity index (χ4v) is 3.57. The van der Waals surface area contributed by atoms with Crippen molar-refractivity contribution < 1.29 is 9.72 Å². The van der Waals surface area contributed by atoms with Gasteiger partial charge in [0.2, 0.25) is 0 Å². The van der Waals surface area contributed by atoms with E-state index in [1.807, 2.05) is 38.1 Å². The summed E-state index contributed by atoms with van der Waals surface area (Å²) in [6, 6.07) is 12.5. The van der Waals surface area contributed by atoms with Crippen molar-refractivity contribution in [3.63, 3.8) is 0 Å². The number of hydrogen-bond acceptors (Lipinski definition) is 5. The first-order chi connectivity index (χ1) is 13.4. The molecular formula is C20H20N4O3S. The number of carbonyl (C=O) groups excluding carboxylic acids is 1. The molecule has 7 nitrogen and oxygen atoms in total. The van der Waals surface area contributed by atoms with Gasteiger partial charge < -0.3 is 5.32 Å². The maximum atomic E-state index is 12.6. The normalized spacial score (nSPS) is 10.7. The van der Waals surface area contributed by atoms with Crippen LogP contribution in [0.2, 0.25) is 0 Å². The van der Waals surface area contributed by atoms with Crippen LogP contribution in [0.15, 0.2) is 58.5 Å². The van der Waals surface area contributed by atoms with E-state index >= 15 is 0 Å². The zero-order chi connectivity index (χ0) is 20.3. The van der Waals surface area contributed by atoms with Gasteiger partial charge in [-0.2, -0.15) is 5.10 Å². The summed E-state index contributed by atoms with van der Waals surface area (Å²) in [4.78, 5) is 25.1. The van der Waals surface area contributed by atoms with Crippen molar-refractivity contribution in [2.24, 2.45) is 0 Å². The number of amides is 1. The van der Waals surface area contributed by atoms with Crippen molar-refractivity contribution in [2.75, 3.05) is 5.32 Å². The van der Waals surface area contributed by atoms with Crippen LogP contribution in [-0.4, -0.2) is 20.6 Å². The molecule has 1 N–H and O–H groups in total. The van der Waals surface area contributed by atoms with E-state index < -0.39 is 4.92 Å². The minimum atomic E-state index is -0.463. The molecule has 0 unspecified atom stereocenters. The molecule has 0 spiro atoms. The van der Waals surface area contributed by atoms with E-state index in [-0.39, 0.29) is 11.6 Å². The first-order valence-electron chi connectivity index (χ1n) is 8.75. The number of aromatic nitrogens is 2. The summed E-state index contributed by atoms with van der Waals surface area (Å²) >= 11 is 1.40. The quantitative estimate of drug-likeness (QED) is 0.476. The Morgan fingerprint density at radius 3 is 2.50 bits per heavy atom. The molecule has 2 aromatic carbocycles. The molecule has 0 aliphatic carbocycles. The zero-order valence-electron chi connectivity index (χ0n) is 15.8. The highest BCUT2D eigenvalue weighted by Crippen LogP contribution is 2.33. The monoisotopic (exact) mass is 396 g/mol. The van der Waals surface area contributed by atoms with Crippen LogP contribution in [0, 0.1) is 24.0 Å². The minimum absolute atomic E-state index is 0.0756. The molecule has 3 rings (SSSR count). The third-order valence-electron chi connectivity index (χ3n) is 4.13. The van der Waals surface area contributed by atoms with Gasteiger partial charge in [0, 0.05) is 40.4 Å². The van der Waals surface area contributed by atoms with Gasteiger partial charge in [-0.25, -0.2) is 0 Å². The van der Waals surface area contributed by atoms with Crippen molar-refractivity contribution in [2.45, 2.75) is 37.1 Å². The Kier molecular flexibility index (Phi) is 5.79. The second-order valence-electron chi connectivity index (χ2n) is 6.33. The highest BCUT2D eigenvalue weighted by Gasteiger charge is 2.16. The van der Waals surface area contributed by atoms with E-state index in [9.17, 15) is 14.9 Å². The molecular weight excluding hydrogens is 376 g/mol. The Balaban J connectivity index is 1.88. The van der Waals surface area contributed by atoms with Crippen molar-refractivity contribution in [3.8, 4) is 0 Å². The molecule has 1 heterocycles. The number of benzene rings is 2. The van der Waals surface area contributed by atoms with Gasteiger partial charge in [-0.1, -0.05) is 29.5 Å². The fourth-order valence-electron chi connectivity index (χ4n) is 2.66. The van der Waals surface area contributed by atoms with Gasteiger partial charge >= 0.3 is 0 Å². The first-order valence-corrected chi connectivity index (χ1v) is 9.56. The largest absolute Gasteiger partial charge is 0.322 e. The lowest BCUT2D eigenvalue weighted by Crippen LogP contribution is -2.12. The summed E-state index contributed by atoms with van der Waals surface area (Å²) in [5, 5.41) is 18.3. The van der Waals surface area contributed by atoms with Crippen LogP contribution in [-0.2, 0) is 6.54 Å². The number of nitrogens with one attached hydrogen (secondary N) is 1. The van der Waals surface area contributed by atoms with Crippen molar-refractivity contribution in [3.05, 3.63) is 75.6 Å². The number of nitro benzene ring substituents is 1. The van der Waals surface area contributed by atoms with Crippen LogP contribution < -0.4 is 5.32 Å². The van der Waals surface area contributed by atoms with Crippen LogP contribution >= 0.6 is 11.8 Å². The third kappa shape index (κ3) is 4.58. The lowest BCUT2D eigenvalue weighted by molar-refractivity contribution is -0.385. The average Bonchev–Trinajstić information content (AvgIpc) is 3.04. The predicted molar refractivity (Wildman–Crippen MR) is 109 cm³/mol. The summed E-state index contributed by atoms with van der Waals surface area (Å²) in [7, 11) is 0. The van der Waals surface area contributed by atoms with Gasteiger partial charge in [-0.3, -0.25) is 19.6 Å². The highest BCUT2D eigenvalue weighted by molar-refractivity contribution is 7.99. The van der Waals surface area contributed by atoms with Gasteiger partial charge in [-0.15, -0.1) is 0 Å². The van der Waals surface area contributed by atoms with Gasteiger partial charge in [0.05, 0.1) is 16.2 Å². The van der Waals surface area contributed by atoms with Crippen LogP contribution in [0.3, 0.4) is 0 Å². The third-order valence-corrected chi connectivity index (χ3v) is 5.11. The maximum Gasteiger partial charge on any atom is 0.272 e. The lowest BCUT2D eigenvalue weighted by Gasteiger charge is -2.08. The smallest absolute Gasteiger partial charge is 0.272 e. The van der Waals surface area contributed by atoms with E-state index in [0.29, 0.717) is 28.4 Å². The Hall–Kier alpha value is -3.13. The predicted octanol–water partition coefficient (Wildman–Crippen LogP) is 4.83. The summed E-state index contributed by atoms with van der Waals surface area (Å²) < 4.78 is 1.68. The summed E-state index contributed by atoms with van der Waals surface area (Å²) in [6.07, 6.45) is 1.67. The number of hydrogen-bond donors (Lipinski definition) is 1. The summed E-state index contributed by atoms with van der Waals surface area (Å²) in [5.74, 6) is -0.344. The molecule has 28 heavy (non-hydrogen) atoms. The van der Waals surface area contributed by atoms with E-state index in [1.54, 1.807) is 23.9 Å². The average molecular weight is 396 g/mol. The second kappa shape index (κ2) is 8.26. The van der Waals surface area contributed by atoms with E-state index in [1.165, 1.54) is 23.9 Å². The molecule has 1 amide bonds. The van der Waals surface area contributed by atoms with E-state index in [4.69, 9.17) is 0 Å². The molecule has 0 aliphatic rings. The number of aryl methyl sites for hydroxylation is 3. The molecule has 144 valence electrons.